The van der Waals surface area contributed by atoms with Gasteiger partial charge < -0.3 is 15.4 Å². The second-order valence-corrected chi connectivity index (χ2v) is 5.38. The van der Waals surface area contributed by atoms with E-state index in [9.17, 15) is 4.79 Å². The van der Waals surface area contributed by atoms with Crippen molar-refractivity contribution in [1.29, 1.82) is 0 Å². The number of hydrogen-bond acceptors (Lipinski definition) is 3. The first-order chi connectivity index (χ1) is 10.2. The van der Waals surface area contributed by atoms with Crippen LogP contribution >= 0.6 is 15.9 Å². The lowest BCUT2D eigenvalue weighted by molar-refractivity contribution is -0.115. The van der Waals surface area contributed by atoms with Gasteiger partial charge in [0.15, 0.2) is 0 Å². The Bertz CT molecular complexity index is 599. The van der Waals surface area contributed by atoms with E-state index >= 15 is 0 Å². The molecular weight excluding hydrogens is 332 g/mol. The highest BCUT2D eigenvalue weighted by atomic mass is 79.9. The molecule has 0 saturated heterocycles. The molecule has 0 unspecified atom stereocenters. The summed E-state index contributed by atoms with van der Waals surface area (Å²) in [6.07, 6.45) is 0.401. The number of benzene rings is 2. The zero-order valence-electron chi connectivity index (χ0n) is 11.7. The minimum absolute atomic E-state index is 0.0253. The number of halogens is 1. The Morgan fingerprint density at radius 3 is 2.57 bits per heavy atom. The van der Waals surface area contributed by atoms with E-state index in [2.05, 4.69) is 26.6 Å². The number of hydrogen-bond donors (Lipinski definition) is 2. The van der Waals surface area contributed by atoms with Crippen molar-refractivity contribution in [2.24, 2.45) is 0 Å². The maximum absolute atomic E-state index is 11.8. The minimum Gasteiger partial charge on any atom is -0.497 e. The number of methoxy groups -OCH3 is 1. The molecule has 0 spiro atoms. The molecule has 2 aromatic carbocycles. The fourth-order valence-corrected chi connectivity index (χ4v) is 2.22. The predicted octanol–water partition coefficient (Wildman–Crippen LogP) is 3.90. The number of nitrogens with one attached hydrogen (secondary N) is 2. The molecule has 2 aromatic rings. The molecule has 0 aromatic heterocycles. The Balaban J connectivity index is 1.76. The minimum atomic E-state index is -0.0253. The van der Waals surface area contributed by atoms with Crippen LogP contribution in [0.4, 0.5) is 11.4 Å². The molecule has 0 atom stereocenters. The Morgan fingerprint density at radius 2 is 1.90 bits per heavy atom. The van der Waals surface area contributed by atoms with Crippen LogP contribution in [0, 0.1) is 0 Å². The number of rotatable bonds is 6. The third kappa shape index (κ3) is 5.11. The quantitative estimate of drug-likeness (QED) is 0.832. The second-order valence-electron chi connectivity index (χ2n) is 4.46. The van der Waals surface area contributed by atoms with Crippen molar-refractivity contribution in [3.05, 3.63) is 53.0 Å². The molecule has 0 radical (unpaired) electrons. The van der Waals surface area contributed by atoms with Crippen LogP contribution in [-0.2, 0) is 4.79 Å². The maximum Gasteiger partial charge on any atom is 0.226 e. The van der Waals surface area contributed by atoms with Gasteiger partial charge in [-0.15, -0.1) is 0 Å². The molecule has 0 heterocycles. The molecule has 4 nitrogen and oxygen atoms in total. The van der Waals surface area contributed by atoms with Gasteiger partial charge in [0.25, 0.3) is 0 Å². The summed E-state index contributed by atoms with van der Waals surface area (Å²) in [6.45, 7) is 0.582. The Morgan fingerprint density at radius 1 is 1.14 bits per heavy atom. The largest absolute Gasteiger partial charge is 0.497 e. The predicted molar refractivity (Wildman–Crippen MR) is 88.9 cm³/mol. The average Bonchev–Trinajstić information content (AvgIpc) is 2.48. The van der Waals surface area contributed by atoms with Gasteiger partial charge in [-0.3, -0.25) is 4.79 Å². The lowest BCUT2D eigenvalue weighted by Crippen LogP contribution is -2.16. The van der Waals surface area contributed by atoms with Crippen LogP contribution in [0.25, 0.3) is 0 Å². The fraction of sp³-hybridized carbons (Fsp3) is 0.188. The highest BCUT2D eigenvalue weighted by molar-refractivity contribution is 9.10. The maximum atomic E-state index is 11.8. The Labute approximate surface area is 132 Å². The first-order valence-corrected chi connectivity index (χ1v) is 7.40. The van der Waals surface area contributed by atoms with Crippen LogP contribution in [0.15, 0.2) is 53.0 Å². The van der Waals surface area contributed by atoms with E-state index < -0.39 is 0 Å². The molecule has 0 aliphatic heterocycles. The molecule has 0 aliphatic rings. The van der Waals surface area contributed by atoms with Gasteiger partial charge in [0.2, 0.25) is 5.91 Å². The monoisotopic (exact) mass is 348 g/mol. The van der Waals surface area contributed by atoms with Gasteiger partial charge in [-0.25, -0.2) is 0 Å². The van der Waals surface area contributed by atoms with Crippen LogP contribution in [0.5, 0.6) is 5.75 Å². The lowest BCUT2D eigenvalue weighted by Gasteiger charge is -2.08. The van der Waals surface area contributed by atoms with E-state index in [1.54, 1.807) is 7.11 Å². The average molecular weight is 349 g/mol. The van der Waals surface area contributed by atoms with Gasteiger partial charge in [-0.1, -0.05) is 22.0 Å². The van der Waals surface area contributed by atoms with E-state index in [1.165, 1.54) is 0 Å². The molecule has 0 aliphatic carbocycles. The van der Waals surface area contributed by atoms with E-state index in [0.29, 0.717) is 13.0 Å². The number of ether oxygens (including phenoxy) is 1. The summed E-state index contributed by atoms with van der Waals surface area (Å²) in [4.78, 5) is 11.8. The number of amides is 1. The third-order valence-electron chi connectivity index (χ3n) is 2.88. The zero-order valence-corrected chi connectivity index (χ0v) is 13.3. The van der Waals surface area contributed by atoms with Crippen LogP contribution in [0.3, 0.4) is 0 Å². The number of anilines is 2. The van der Waals surface area contributed by atoms with Gasteiger partial charge >= 0.3 is 0 Å². The highest BCUT2D eigenvalue weighted by Gasteiger charge is 2.02. The molecule has 2 rings (SSSR count). The van der Waals surface area contributed by atoms with Crippen LogP contribution in [0.2, 0.25) is 0 Å². The van der Waals surface area contributed by atoms with E-state index in [0.717, 1.165) is 21.6 Å². The SMILES string of the molecule is COc1ccc(NC(=O)CCNc2cccc(Br)c2)cc1. The summed E-state index contributed by atoms with van der Waals surface area (Å²) in [5.41, 5.74) is 1.75. The first kappa shape index (κ1) is 15.4. The topological polar surface area (TPSA) is 50.4 Å². The summed E-state index contributed by atoms with van der Waals surface area (Å²) in [6, 6.07) is 15.1. The summed E-state index contributed by atoms with van der Waals surface area (Å²) >= 11 is 3.41. The van der Waals surface area contributed by atoms with Crippen LogP contribution < -0.4 is 15.4 Å². The van der Waals surface area contributed by atoms with Crippen LogP contribution in [-0.4, -0.2) is 19.6 Å². The smallest absolute Gasteiger partial charge is 0.226 e. The summed E-state index contributed by atoms with van der Waals surface area (Å²) in [7, 11) is 1.61. The molecule has 2 N–H and O–H groups in total. The van der Waals surface area contributed by atoms with Crippen LogP contribution in [0.1, 0.15) is 6.42 Å². The molecule has 0 bridgehead atoms. The van der Waals surface area contributed by atoms with E-state index in [-0.39, 0.29) is 5.91 Å². The highest BCUT2D eigenvalue weighted by Crippen LogP contribution is 2.16. The summed E-state index contributed by atoms with van der Waals surface area (Å²) < 4.78 is 6.08. The van der Waals surface area contributed by atoms with Crippen molar-refractivity contribution in [3.63, 3.8) is 0 Å². The van der Waals surface area contributed by atoms with Crippen molar-refractivity contribution in [2.45, 2.75) is 6.42 Å². The van der Waals surface area contributed by atoms with Crippen molar-refractivity contribution in [1.82, 2.24) is 0 Å². The zero-order chi connectivity index (χ0) is 15.1. The van der Waals surface area contributed by atoms with Gasteiger partial charge in [0.05, 0.1) is 7.11 Å². The molecule has 21 heavy (non-hydrogen) atoms. The number of carbonyl (C=O) groups is 1. The van der Waals surface area contributed by atoms with Gasteiger partial charge in [0, 0.05) is 28.8 Å². The molecule has 0 saturated carbocycles. The van der Waals surface area contributed by atoms with Gasteiger partial charge in [0.1, 0.15) is 5.75 Å². The lowest BCUT2D eigenvalue weighted by atomic mass is 10.3. The van der Waals surface area contributed by atoms with Crippen molar-refractivity contribution in [2.75, 3.05) is 24.3 Å². The normalized spacial score (nSPS) is 10.0. The molecule has 1 amide bonds. The van der Waals surface area contributed by atoms with E-state index in [1.807, 2.05) is 48.5 Å². The third-order valence-corrected chi connectivity index (χ3v) is 3.37. The Kier molecular flexibility index (Phi) is 5.63. The molecule has 0 fully saturated rings. The fourth-order valence-electron chi connectivity index (χ4n) is 1.82. The van der Waals surface area contributed by atoms with Crippen molar-refractivity contribution < 1.29 is 9.53 Å². The first-order valence-electron chi connectivity index (χ1n) is 6.61. The molecular formula is C16H17BrN2O2. The standard InChI is InChI=1S/C16H17BrN2O2/c1-21-15-7-5-13(6-8-15)19-16(20)9-10-18-14-4-2-3-12(17)11-14/h2-8,11,18H,9-10H2,1H3,(H,19,20). The van der Waals surface area contributed by atoms with Crippen molar-refractivity contribution >= 4 is 33.2 Å². The molecule has 110 valence electrons. The summed E-state index contributed by atoms with van der Waals surface area (Å²) in [5.74, 6) is 0.743. The van der Waals surface area contributed by atoms with Gasteiger partial charge in [-0.2, -0.15) is 0 Å². The second kappa shape index (κ2) is 7.69. The Hall–Kier alpha value is -2.01. The van der Waals surface area contributed by atoms with E-state index in [4.69, 9.17) is 4.74 Å². The summed E-state index contributed by atoms with van der Waals surface area (Å²) in [5, 5.41) is 6.06. The molecule has 5 heteroatoms. The van der Waals surface area contributed by atoms with Crippen molar-refractivity contribution in [3.8, 4) is 5.75 Å². The van der Waals surface area contributed by atoms with Gasteiger partial charge in [-0.05, 0) is 42.5 Å². The number of carbonyl (C=O) groups excluding carboxylic acids is 1.